The van der Waals surface area contributed by atoms with Gasteiger partial charge in [-0.1, -0.05) is 30.7 Å². The molecule has 0 saturated carbocycles. The van der Waals surface area contributed by atoms with Crippen molar-refractivity contribution in [2.45, 2.75) is 33.2 Å². The number of carbonyl (C=O) groups is 1. The van der Waals surface area contributed by atoms with Crippen molar-refractivity contribution in [1.29, 1.82) is 0 Å². The van der Waals surface area contributed by atoms with E-state index in [-0.39, 0.29) is 30.5 Å². The molecule has 1 heterocycles. The molecule has 1 aromatic carbocycles. The van der Waals surface area contributed by atoms with Gasteiger partial charge in [0.25, 0.3) is 0 Å². The standard InChI is InChI=1S/C18H23ClN2O5/c1-3-6-20-17-14(15(19)16(21-17)18(25)26-2)11-5-4-10(7-22)12(8-23)13(11)9-24/h4-5,20-24H,3,6-9H2,1-2H3. The maximum atomic E-state index is 12.0. The van der Waals surface area contributed by atoms with Gasteiger partial charge in [-0.05, 0) is 28.7 Å². The number of aromatic amines is 1. The number of hydrogen-bond acceptors (Lipinski definition) is 6. The Bertz CT molecular complexity index is 788. The number of nitrogens with one attached hydrogen (secondary N) is 2. The van der Waals surface area contributed by atoms with Gasteiger partial charge in [-0.15, -0.1) is 0 Å². The van der Waals surface area contributed by atoms with Crippen molar-refractivity contribution in [2.75, 3.05) is 19.0 Å². The lowest BCUT2D eigenvalue weighted by Gasteiger charge is -2.16. The molecule has 0 spiro atoms. The number of anilines is 1. The average Bonchev–Trinajstić information content (AvgIpc) is 3.00. The Morgan fingerprint density at radius 3 is 2.42 bits per heavy atom. The molecule has 142 valence electrons. The number of aliphatic hydroxyl groups excluding tert-OH is 3. The average molecular weight is 383 g/mol. The molecule has 0 unspecified atom stereocenters. The van der Waals surface area contributed by atoms with Gasteiger partial charge >= 0.3 is 5.97 Å². The van der Waals surface area contributed by atoms with Crippen LogP contribution in [0.5, 0.6) is 0 Å². The van der Waals surface area contributed by atoms with Crippen LogP contribution in [0.2, 0.25) is 5.02 Å². The fourth-order valence-corrected chi connectivity index (χ4v) is 3.18. The summed E-state index contributed by atoms with van der Waals surface area (Å²) in [5.41, 5.74) is 2.56. The van der Waals surface area contributed by atoms with Crippen molar-refractivity contribution < 1.29 is 24.9 Å². The fraction of sp³-hybridized carbons (Fsp3) is 0.389. The molecule has 1 aromatic heterocycles. The monoisotopic (exact) mass is 382 g/mol. The molecule has 5 N–H and O–H groups in total. The van der Waals surface area contributed by atoms with Crippen molar-refractivity contribution in [3.63, 3.8) is 0 Å². The van der Waals surface area contributed by atoms with Crippen LogP contribution < -0.4 is 5.32 Å². The zero-order valence-corrected chi connectivity index (χ0v) is 15.5. The van der Waals surface area contributed by atoms with E-state index in [0.717, 1.165) is 6.42 Å². The van der Waals surface area contributed by atoms with Gasteiger partial charge in [0.15, 0.2) is 0 Å². The summed E-state index contributed by atoms with van der Waals surface area (Å²) in [7, 11) is 1.26. The summed E-state index contributed by atoms with van der Waals surface area (Å²) in [6, 6.07) is 3.36. The molecule has 0 fully saturated rings. The van der Waals surface area contributed by atoms with E-state index in [4.69, 9.17) is 16.3 Å². The Labute approximate surface area is 156 Å². The third kappa shape index (κ3) is 3.71. The lowest BCUT2D eigenvalue weighted by molar-refractivity contribution is 0.0595. The van der Waals surface area contributed by atoms with Gasteiger partial charge in [-0.25, -0.2) is 4.79 Å². The Kier molecular flexibility index (Phi) is 7.05. The molecule has 0 aliphatic heterocycles. The largest absolute Gasteiger partial charge is 0.464 e. The molecule has 26 heavy (non-hydrogen) atoms. The highest BCUT2D eigenvalue weighted by atomic mass is 35.5. The predicted molar refractivity (Wildman–Crippen MR) is 99.1 cm³/mol. The molecule has 0 amide bonds. The number of halogens is 1. The molecule has 2 rings (SSSR count). The number of aromatic nitrogens is 1. The molecule has 0 radical (unpaired) electrons. The number of ether oxygens (including phenoxy) is 1. The van der Waals surface area contributed by atoms with Crippen LogP contribution in [0.25, 0.3) is 11.1 Å². The summed E-state index contributed by atoms with van der Waals surface area (Å²) in [5, 5.41) is 32.4. The van der Waals surface area contributed by atoms with Crippen molar-refractivity contribution in [3.8, 4) is 11.1 Å². The van der Waals surface area contributed by atoms with Crippen LogP contribution in [0.15, 0.2) is 12.1 Å². The van der Waals surface area contributed by atoms with Crippen LogP contribution in [-0.4, -0.2) is 39.9 Å². The van der Waals surface area contributed by atoms with E-state index in [1.807, 2.05) is 6.92 Å². The van der Waals surface area contributed by atoms with E-state index >= 15 is 0 Å². The number of hydrogen-bond donors (Lipinski definition) is 5. The number of methoxy groups -OCH3 is 1. The maximum absolute atomic E-state index is 12.0. The van der Waals surface area contributed by atoms with Crippen molar-refractivity contribution in [2.24, 2.45) is 0 Å². The van der Waals surface area contributed by atoms with E-state index in [2.05, 4.69) is 10.3 Å². The van der Waals surface area contributed by atoms with Gasteiger partial charge in [0.05, 0.1) is 32.0 Å². The first-order valence-electron chi connectivity index (χ1n) is 8.24. The number of aliphatic hydroxyl groups is 3. The number of carbonyl (C=O) groups excluding carboxylic acids is 1. The molecular formula is C18H23ClN2O5. The first-order chi connectivity index (χ1) is 12.5. The van der Waals surface area contributed by atoms with Crippen molar-refractivity contribution in [1.82, 2.24) is 4.98 Å². The molecule has 0 bridgehead atoms. The van der Waals surface area contributed by atoms with Gasteiger partial charge in [0.2, 0.25) is 0 Å². The van der Waals surface area contributed by atoms with Crippen LogP contribution in [0.4, 0.5) is 5.82 Å². The summed E-state index contributed by atoms with van der Waals surface area (Å²) in [6.45, 7) is 1.67. The summed E-state index contributed by atoms with van der Waals surface area (Å²) < 4.78 is 4.76. The first kappa shape index (κ1) is 20.3. The zero-order valence-electron chi connectivity index (χ0n) is 14.7. The quantitative estimate of drug-likeness (QED) is 0.448. The number of rotatable bonds is 8. The molecular weight excluding hydrogens is 360 g/mol. The Balaban J connectivity index is 2.74. The minimum atomic E-state index is -0.610. The minimum absolute atomic E-state index is 0.100. The highest BCUT2D eigenvalue weighted by Crippen LogP contribution is 2.41. The molecule has 8 heteroatoms. The summed E-state index contributed by atoms with van der Waals surface area (Å²) in [6.07, 6.45) is 0.849. The molecule has 0 saturated heterocycles. The lowest BCUT2D eigenvalue weighted by Crippen LogP contribution is -2.05. The normalized spacial score (nSPS) is 10.8. The second-order valence-electron chi connectivity index (χ2n) is 5.69. The third-order valence-corrected chi connectivity index (χ3v) is 4.54. The molecule has 2 aromatic rings. The number of H-pyrrole nitrogens is 1. The Morgan fingerprint density at radius 2 is 1.88 bits per heavy atom. The van der Waals surface area contributed by atoms with E-state index in [9.17, 15) is 20.1 Å². The molecule has 0 aliphatic rings. The van der Waals surface area contributed by atoms with Crippen molar-refractivity contribution in [3.05, 3.63) is 39.5 Å². The second kappa shape index (κ2) is 9.05. The SMILES string of the molecule is CCCNc1[nH]c(C(=O)OC)c(Cl)c1-c1ccc(CO)c(CO)c1CO. The lowest BCUT2D eigenvalue weighted by atomic mass is 9.93. The topological polar surface area (TPSA) is 115 Å². The van der Waals surface area contributed by atoms with Crippen LogP contribution >= 0.6 is 11.6 Å². The molecule has 0 atom stereocenters. The summed E-state index contributed by atoms with van der Waals surface area (Å²) in [4.78, 5) is 14.9. The van der Waals surface area contributed by atoms with Gasteiger partial charge in [-0.3, -0.25) is 0 Å². The fourth-order valence-electron chi connectivity index (χ4n) is 2.86. The third-order valence-electron chi connectivity index (χ3n) is 4.16. The molecule has 0 aliphatic carbocycles. The van der Waals surface area contributed by atoms with E-state index in [1.54, 1.807) is 12.1 Å². The maximum Gasteiger partial charge on any atom is 0.356 e. The van der Waals surface area contributed by atoms with Gasteiger partial charge in [0.1, 0.15) is 11.5 Å². The highest BCUT2D eigenvalue weighted by molar-refractivity contribution is 6.37. The van der Waals surface area contributed by atoms with Crippen LogP contribution in [-0.2, 0) is 24.6 Å². The highest BCUT2D eigenvalue weighted by Gasteiger charge is 2.25. The van der Waals surface area contributed by atoms with Crippen LogP contribution in [0.3, 0.4) is 0 Å². The number of benzene rings is 1. The van der Waals surface area contributed by atoms with Gasteiger partial charge < -0.3 is 30.4 Å². The Hall–Kier alpha value is -2.06. The zero-order chi connectivity index (χ0) is 19.3. The van der Waals surface area contributed by atoms with Gasteiger partial charge in [0, 0.05) is 12.1 Å². The molecule has 7 nitrogen and oxygen atoms in total. The minimum Gasteiger partial charge on any atom is -0.464 e. The van der Waals surface area contributed by atoms with E-state index < -0.39 is 5.97 Å². The van der Waals surface area contributed by atoms with E-state index in [1.165, 1.54) is 7.11 Å². The summed E-state index contributed by atoms with van der Waals surface area (Å²) >= 11 is 6.45. The van der Waals surface area contributed by atoms with Crippen LogP contribution in [0.1, 0.15) is 40.5 Å². The first-order valence-corrected chi connectivity index (χ1v) is 8.61. The summed E-state index contributed by atoms with van der Waals surface area (Å²) in [5.74, 6) is -0.0895. The van der Waals surface area contributed by atoms with E-state index in [0.29, 0.717) is 40.2 Å². The second-order valence-corrected chi connectivity index (χ2v) is 6.06. The van der Waals surface area contributed by atoms with Crippen molar-refractivity contribution >= 4 is 23.4 Å². The van der Waals surface area contributed by atoms with Gasteiger partial charge in [-0.2, -0.15) is 0 Å². The smallest absolute Gasteiger partial charge is 0.356 e. The van der Waals surface area contributed by atoms with Crippen LogP contribution in [0, 0.1) is 0 Å². The predicted octanol–water partition coefficient (Wildman–Crippen LogP) is 2.42. The number of esters is 1. The Morgan fingerprint density at radius 1 is 1.19 bits per heavy atom.